The predicted octanol–water partition coefficient (Wildman–Crippen LogP) is -0.656. The van der Waals surface area contributed by atoms with Gasteiger partial charge in [-0.05, 0) is 12.8 Å². The Kier molecular flexibility index (Phi) is 4.43. The first-order valence-electron chi connectivity index (χ1n) is 5.73. The fraction of sp³-hybridized carbons (Fsp3) is 0.545. The summed E-state index contributed by atoms with van der Waals surface area (Å²) >= 11 is 0. The zero-order valence-corrected chi connectivity index (χ0v) is 10.4. The molecule has 0 unspecified atom stereocenters. The van der Waals surface area contributed by atoms with Crippen LogP contribution in [0.5, 0.6) is 0 Å². The smallest absolute Gasteiger partial charge is 0.326 e. The van der Waals surface area contributed by atoms with Gasteiger partial charge in [0.05, 0.1) is 12.1 Å². The molecule has 0 aliphatic rings. The summed E-state index contributed by atoms with van der Waals surface area (Å²) in [7, 11) is 0. The maximum atomic E-state index is 11.9. The Labute approximate surface area is 103 Å². The lowest BCUT2D eigenvalue weighted by Crippen LogP contribution is -2.51. The van der Waals surface area contributed by atoms with Crippen molar-refractivity contribution in [2.24, 2.45) is 0 Å². The molecule has 0 radical (unpaired) electrons. The first-order chi connectivity index (χ1) is 8.46. The molecular weight excluding hydrogens is 238 g/mol. The van der Waals surface area contributed by atoms with Gasteiger partial charge in [0.1, 0.15) is 5.69 Å². The van der Waals surface area contributed by atoms with E-state index in [4.69, 9.17) is 0 Å². The Hall–Kier alpha value is -1.89. The average molecular weight is 255 g/mol. The van der Waals surface area contributed by atoms with E-state index in [0.717, 1.165) is 6.07 Å². The van der Waals surface area contributed by atoms with Gasteiger partial charge in [-0.25, -0.2) is 4.79 Å². The highest BCUT2D eigenvalue weighted by molar-refractivity contribution is 5.92. The molecule has 1 amide bonds. The number of carbonyl (C=O) groups is 1. The molecule has 0 bridgehead atoms. The van der Waals surface area contributed by atoms with Gasteiger partial charge in [-0.3, -0.25) is 14.6 Å². The molecule has 7 heteroatoms. The number of hydrogen-bond donors (Lipinski definition) is 4. The minimum Gasteiger partial charge on any atom is -0.394 e. The lowest BCUT2D eigenvalue weighted by molar-refractivity contribution is 0.0812. The van der Waals surface area contributed by atoms with Crippen molar-refractivity contribution in [1.82, 2.24) is 15.3 Å². The van der Waals surface area contributed by atoms with Gasteiger partial charge in [-0.2, -0.15) is 0 Å². The van der Waals surface area contributed by atoms with Crippen molar-refractivity contribution in [1.29, 1.82) is 0 Å². The van der Waals surface area contributed by atoms with Crippen molar-refractivity contribution in [3.63, 3.8) is 0 Å². The van der Waals surface area contributed by atoms with Gasteiger partial charge in [0.15, 0.2) is 0 Å². The summed E-state index contributed by atoms with van der Waals surface area (Å²) < 4.78 is 0. The van der Waals surface area contributed by atoms with E-state index in [9.17, 15) is 19.5 Å². The van der Waals surface area contributed by atoms with E-state index in [1.807, 2.05) is 18.8 Å². The number of carbonyl (C=O) groups excluding carboxylic acids is 1. The second-order valence-electron chi connectivity index (χ2n) is 4.10. The summed E-state index contributed by atoms with van der Waals surface area (Å²) in [5, 5.41) is 12.0. The third-order valence-corrected chi connectivity index (χ3v) is 3.04. The summed E-state index contributed by atoms with van der Waals surface area (Å²) in [6, 6.07) is 1.00. The molecule has 100 valence electrons. The number of nitrogens with one attached hydrogen (secondary N) is 3. The van der Waals surface area contributed by atoms with Crippen molar-refractivity contribution in [3.05, 3.63) is 32.6 Å². The molecular formula is C11H17N3O4. The summed E-state index contributed by atoms with van der Waals surface area (Å²) in [6.07, 6.45) is 1.08. The molecule has 0 saturated carbocycles. The highest BCUT2D eigenvalue weighted by Crippen LogP contribution is 2.14. The number of aromatic amines is 2. The van der Waals surface area contributed by atoms with Crippen molar-refractivity contribution in [2.45, 2.75) is 32.2 Å². The Morgan fingerprint density at radius 1 is 1.33 bits per heavy atom. The highest BCUT2D eigenvalue weighted by Gasteiger charge is 2.27. The minimum atomic E-state index is -0.741. The second kappa shape index (κ2) is 5.63. The van der Waals surface area contributed by atoms with Crippen LogP contribution in [0.2, 0.25) is 0 Å². The number of hydrogen-bond acceptors (Lipinski definition) is 4. The zero-order valence-electron chi connectivity index (χ0n) is 10.4. The maximum Gasteiger partial charge on any atom is 0.326 e. The summed E-state index contributed by atoms with van der Waals surface area (Å²) in [6.45, 7) is 3.46. The van der Waals surface area contributed by atoms with Crippen LogP contribution >= 0.6 is 0 Å². The molecule has 18 heavy (non-hydrogen) atoms. The number of amides is 1. The number of aliphatic hydroxyl groups excluding tert-OH is 1. The monoisotopic (exact) mass is 255 g/mol. The molecule has 7 nitrogen and oxygen atoms in total. The van der Waals surface area contributed by atoms with E-state index < -0.39 is 22.7 Å². The van der Waals surface area contributed by atoms with Crippen molar-refractivity contribution in [2.75, 3.05) is 6.61 Å². The van der Waals surface area contributed by atoms with Gasteiger partial charge in [-0.1, -0.05) is 13.8 Å². The first kappa shape index (κ1) is 14.2. The van der Waals surface area contributed by atoms with E-state index >= 15 is 0 Å². The van der Waals surface area contributed by atoms with Crippen LogP contribution in [-0.4, -0.2) is 33.1 Å². The first-order valence-corrected chi connectivity index (χ1v) is 5.73. The third kappa shape index (κ3) is 3.07. The van der Waals surface area contributed by atoms with Crippen molar-refractivity contribution in [3.8, 4) is 0 Å². The van der Waals surface area contributed by atoms with Gasteiger partial charge < -0.3 is 15.4 Å². The fourth-order valence-corrected chi connectivity index (χ4v) is 1.59. The van der Waals surface area contributed by atoms with Crippen LogP contribution in [0.25, 0.3) is 0 Å². The standard InChI is InChI=1S/C11H17N3O4/c1-3-11(4-2,6-15)14-9(17)7-5-8(16)13-10(18)12-7/h5,15H,3-4,6H2,1-2H3,(H,14,17)(H2,12,13,16,18). The van der Waals surface area contributed by atoms with Gasteiger partial charge in [-0.15, -0.1) is 0 Å². The normalized spacial score (nSPS) is 11.3. The highest BCUT2D eigenvalue weighted by atomic mass is 16.3. The number of H-pyrrole nitrogens is 2. The van der Waals surface area contributed by atoms with Crippen LogP contribution in [0, 0.1) is 0 Å². The van der Waals surface area contributed by atoms with Gasteiger partial charge >= 0.3 is 5.69 Å². The van der Waals surface area contributed by atoms with Crippen LogP contribution < -0.4 is 16.6 Å². The number of rotatable bonds is 5. The molecule has 0 saturated heterocycles. The molecule has 4 N–H and O–H groups in total. The molecule has 1 aromatic heterocycles. The average Bonchev–Trinajstić information content (AvgIpc) is 2.35. The van der Waals surface area contributed by atoms with E-state index in [1.165, 1.54) is 0 Å². The van der Waals surface area contributed by atoms with Crippen LogP contribution in [-0.2, 0) is 0 Å². The van der Waals surface area contributed by atoms with Crippen LogP contribution in [0.1, 0.15) is 37.2 Å². The Morgan fingerprint density at radius 3 is 2.39 bits per heavy atom. The molecule has 1 aromatic rings. The van der Waals surface area contributed by atoms with Crippen LogP contribution in [0.15, 0.2) is 15.7 Å². The predicted molar refractivity (Wildman–Crippen MR) is 65.5 cm³/mol. The Bertz CT molecular complexity index is 491. The largest absolute Gasteiger partial charge is 0.394 e. The Balaban J connectivity index is 3.01. The maximum absolute atomic E-state index is 11.9. The topological polar surface area (TPSA) is 115 Å². The second-order valence-corrected chi connectivity index (χ2v) is 4.10. The van der Waals surface area contributed by atoms with E-state index in [0.29, 0.717) is 12.8 Å². The van der Waals surface area contributed by atoms with Crippen molar-refractivity contribution < 1.29 is 9.90 Å². The van der Waals surface area contributed by atoms with Gasteiger partial charge in [0.2, 0.25) is 0 Å². The quantitative estimate of drug-likeness (QED) is 0.559. The van der Waals surface area contributed by atoms with E-state index in [1.54, 1.807) is 0 Å². The SMILES string of the molecule is CCC(CC)(CO)NC(=O)c1cc(=O)[nH]c(=O)[nH]1. The molecule has 0 aliphatic heterocycles. The van der Waals surface area contributed by atoms with Crippen molar-refractivity contribution >= 4 is 5.91 Å². The fourth-order valence-electron chi connectivity index (χ4n) is 1.59. The van der Waals surface area contributed by atoms with Crippen LogP contribution in [0.4, 0.5) is 0 Å². The summed E-state index contributed by atoms with van der Waals surface area (Å²) in [5.41, 5.74) is -2.25. The molecule has 1 heterocycles. The molecule has 0 fully saturated rings. The lowest BCUT2D eigenvalue weighted by atomic mass is 9.93. The summed E-state index contributed by atoms with van der Waals surface area (Å²) in [5.74, 6) is -0.587. The minimum absolute atomic E-state index is 0.122. The van der Waals surface area contributed by atoms with Gasteiger partial charge in [0, 0.05) is 6.07 Å². The third-order valence-electron chi connectivity index (χ3n) is 3.04. The molecule has 0 atom stereocenters. The molecule has 0 aliphatic carbocycles. The Morgan fingerprint density at radius 2 is 1.94 bits per heavy atom. The zero-order chi connectivity index (χ0) is 13.8. The molecule has 0 aromatic carbocycles. The number of aromatic nitrogens is 2. The van der Waals surface area contributed by atoms with E-state index in [2.05, 4.69) is 10.3 Å². The molecule has 0 spiro atoms. The lowest BCUT2D eigenvalue weighted by Gasteiger charge is -2.30. The number of aliphatic hydroxyl groups is 1. The summed E-state index contributed by atoms with van der Waals surface area (Å²) in [4.78, 5) is 38.2. The van der Waals surface area contributed by atoms with Gasteiger partial charge in [0.25, 0.3) is 11.5 Å². The van der Waals surface area contributed by atoms with Crippen LogP contribution in [0.3, 0.4) is 0 Å². The molecule has 1 rings (SSSR count). The van der Waals surface area contributed by atoms with E-state index in [-0.39, 0.29) is 12.3 Å².